The predicted molar refractivity (Wildman–Crippen MR) is 126 cm³/mol. The standard InChI is InChI=1S/C27H23BFNO3/c29-26-17-24(33-28(31)32)16-20-18-30(19-25(20)26)27(21-10-4-1-5-11-21,22-12-6-2-7-13-22)23-14-8-3-9-15-23/h1-17,31-32H,18-19H2. The van der Waals surface area contributed by atoms with Gasteiger partial charge in [-0.15, -0.1) is 0 Å². The molecule has 0 aliphatic carbocycles. The van der Waals surface area contributed by atoms with E-state index in [-0.39, 0.29) is 5.75 Å². The van der Waals surface area contributed by atoms with Crippen LogP contribution in [-0.2, 0) is 18.6 Å². The van der Waals surface area contributed by atoms with E-state index in [2.05, 4.69) is 41.3 Å². The second-order valence-electron chi connectivity index (χ2n) is 8.15. The van der Waals surface area contributed by atoms with E-state index in [9.17, 15) is 10.0 Å². The molecule has 0 amide bonds. The largest absolute Gasteiger partial charge is 0.707 e. The molecule has 4 nitrogen and oxygen atoms in total. The van der Waals surface area contributed by atoms with Crippen LogP contribution in [0.25, 0.3) is 0 Å². The maximum Gasteiger partial charge on any atom is 0.707 e. The molecule has 33 heavy (non-hydrogen) atoms. The van der Waals surface area contributed by atoms with Gasteiger partial charge in [-0.3, -0.25) is 4.90 Å². The van der Waals surface area contributed by atoms with Gasteiger partial charge in [0, 0.05) is 24.7 Å². The summed E-state index contributed by atoms with van der Waals surface area (Å²) in [5.41, 5.74) is 3.93. The summed E-state index contributed by atoms with van der Waals surface area (Å²) >= 11 is 0. The minimum Gasteiger partial charge on any atom is -0.512 e. The first-order valence-electron chi connectivity index (χ1n) is 10.8. The third-order valence-corrected chi connectivity index (χ3v) is 6.26. The van der Waals surface area contributed by atoms with Crippen LogP contribution >= 0.6 is 0 Å². The minimum atomic E-state index is -2.00. The summed E-state index contributed by atoms with van der Waals surface area (Å²) in [6.07, 6.45) is 0. The molecule has 0 aromatic heterocycles. The molecule has 0 saturated heterocycles. The van der Waals surface area contributed by atoms with Gasteiger partial charge in [0.25, 0.3) is 0 Å². The van der Waals surface area contributed by atoms with E-state index in [1.54, 1.807) is 6.07 Å². The van der Waals surface area contributed by atoms with Gasteiger partial charge in [-0.1, -0.05) is 91.0 Å². The fourth-order valence-corrected chi connectivity index (χ4v) is 4.95. The van der Waals surface area contributed by atoms with E-state index in [1.165, 1.54) is 6.07 Å². The molecular formula is C27H23BFNO3. The zero-order valence-corrected chi connectivity index (χ0v) is 17.9. The van der Waals surface area contributed by atoms with Crippen molar-refractivity contribution < 1.29 is 19.1 Å². The number of hydrogen-bond donors (Lipinski definition) is 2. The Morgan fingerprint density at radius 1 is 0.727 bits per heavy atom. The van der Waals surface area contributed by atoms with Crippen molar-refractivity contribution in [2.75, 3.05) is 0 Å². The van der Waals surface area contributed by atoms with Crippen molar-refractivity contribution in [3.05, 3.63) is 137 Å². The van der Waals surface area contributed by atoms with Gasteiger partial charge in [0.2, 0.25) is 0 Å². The van der Waals surface area contributed by atoms with Gasteiger partial charge in [0.15, 0.2) is 0 Å². The van der Waals surface area contributed by atoms with E-state index in [0.717, 1.165) is 22.3 Å². The zero-order chi connectivity index (χ0) is 22.8. The molecule has 0 unspecified atom stereocenters. The monoisotopic (exact) mass is 439 g/mol. The molecule has 0 spiro atoms. The van der Waals surface area contributed by atoms with E-state index in [0.29, 0.717) is 18.7 Å². The maximum absolute atomic E-state index is 15.1. The first-order valence-corrected chi connectivity index (χ1v) is 10.8. The molecule has 1 heterocycles. The number of nitrogens with zero attached hydrogens (tertiary/aromatic N) is 1. The Balaban J connectivity index is 1.71. The highest BCUT2D eigenvalue weighted by molar-refractivity contribution is 6.33. The highest BCUT2D eigenvalue weighted by Crippen LogP contribution is 2.46. The van der Waals surface area contributed by atoms with E-state index >= 15 is 4.39 Å². The van der Waals surface area contributed by atoms with E-state index < -0.39 is 18.7 Å². The Kier molecular flexibility index (Phi) is 5.73. The van der Waals surface area contributed by atoms with Crippen LogP contribution in [-0.4, -0.2) is 22.3 Å². The van der Waals surface area contributed by atoms with Crippen LogP contribution in [0.15, 0.2) is 103 Å². The molecule has 4 aromatic carbocycles. The fraction of sp³-hybridized carbons (Fsp3) is 0.111. The molecule has 0 bridgehead atoms. The first-order chi connectivity index (χ1) is 16.1. The number of rotatable bonds is 6. The summed E-state index contributed by atoms with van der Waals surface area (Å²) in [4.78, 5) is 2.26. The topological polar surface area (TPSA) is 52.9 Å². The lowest BCUT2D eigenvalue weighted by atomic mass is 9.75. The Hall–Kier alpha value is -3.45. The second kappa shape index (κ2) is 8.83. The maximum atomic E-state index is 15.1. The van der Waals surface area contributed by atoms with Crippen molar-refractivity contribution in [3.63, 3.8) is 0 Å². The van der Waals surface area contributed by atoms with Gasteiger partial charge < -0.3 is 14.7 Å². The fourth-order valence-electron chi connectivity index (χ4n) is 4.95. The van der Waals surface area contributed by atoms with Crippen molar-refractivity contribution in [1.29, 1.82) is 0 Å². The minimum absolute atomic E-state index is 0.0906. The van der Waals surface area contributed by atoms with Crippen molar-refractivity contribution in [3.8, 4) is 5.75 Å². The summed E-state index contributed by atoms with van der Waals surface area (Å²) < 4.78 is 20.0. The first kappa shape index (κ1) is 21.4. The summed E-state index contributed by atoms with van der Waals surface area (Å²) in [5.74, 6) is -0.332. The van der Waals surface area contributed by atoms with E-state index in [4.69, 9.17) is 4.65 Å². The molecule has 1 aliphatic heterocycles. The Labute approximate surface area is 192 Å². The Morgan fingerprint density at radius 3 is 1.67 bits per heavy atom. The lowest BCUT2D eigenvalue weighted by molar-refractivity contribution is 0.156. The third-order valence-electron chi connectivity index (χ3n) is 6.26. The van der Waals surface area contributed by atoms with Crippen LogP contribution in [0, 0.1) is 5.82 Å². The van der Waals surface area contributed by atoms with Crippen molar-refractivity contribution in [2.24, 2.45) is 0 Å². The van der Waals surface area contributed by atoms with Gasteiger partial charge in [0.05, 0.1) is 5.54 Å². The van der Waals surface area contributed by atoms with Gasteiger partial charge in [-0.25, -0.2) is 4.39 Å². The normalized spacial score (nSPS) is 13.5. The number of halogens is 1. The quantitative estimate of drug-likeness (QED) is 0.344. The molecule has 2 N–H and O–H groups in total. The predicted octanol–water partition coefficient (Wildman–Crippen LogP) is 4.48. The molecule has 1 aliphatic rings. The van der Waals surface area contributed by atoms with Crippen LogP contribution in [0.5, 0.6) is 5.75 Å². The highest BCUT2D eigenvalue weighted by Gasteiger charge is 2.45. The van der Waals surface area contributed by atoms with Crippen LogP contribution in [0.2, 0.25) is 0 Å². The molecular weight excluding hydrogens is 416 g/mol. The van der Waals surface area contributed by atoms with Crippen LogP contribution in [0.3, 0.4) is 0 Å². The van der Waals surface area contributed by atoms with E-state index in [1.807, 2.05) is 54.6 Å². The van der Waals surface area contributed by atoms with Crippen molar-refractivity contribution in [1.82, 2.24) is 4.90 Å². The van der Waals surface area contributed by atoms with Gasteiger partial charge >= 0.3 is 7.32 Å². The molecule has 0 radical (unpaired) electrons. The van der Waals surface area contributed by atoms with Gasteiger partial charge in [0.1, 0.15) is 11.6 Å². The molecule has 4 aromatic rings. The molecule has 164 valence electrons. The third kappa shape index (κ3) is 3.83. The SMILES string of the molecule is OB(O)Oc1cc(F)c2c(c1)CN(C(c1ccccc1)(c1ccccc1)c1ccccc1)C2. The Bertz CT molecular complexity index is 1140. The molecule has 0 fully saturated rings. The summed E-state index contributed by atoms with van der Waals surface area (Å²) in [7, 11) is -2.00. The van der Waals surface area contributed by atoms with Crippen LogP contribution in [0.1, 0.15) is 27.8 Å². The lowest BCUT2D eigenvalue weighted by Crippen LogP contribution is -2.45. The summed E-state index contributed by atoms with van der Waals surface area (Å²) in [5, 5.41) is 18.3. The van der Waals surface area contributed by atoms with Crippen LogP contribution < -0.4 is 4.65 Å². The van der Waals surface area contributed by atoms with Crippen LogP contribution in [0.4, 0.5) is 4.39 Å². The smallest absolute Gasteiger partial charge is 0.512 e. The van der Waals surface area contributed by atoms with Crippen molar-refractivity contribution >= 4 is 7.32 Å². The number of fused-ring (bicyclic) bond motifs is 1. The van der Waals surface area contributed by atoms with Gasteiger partial charge in [-0.2, -0.15) is 0 Å². The molecule has 5 rings (SSSR count). The molecule has 6 heteroatoms. The number of benzene rings is 4. The average Bonchev–Trinajstić information content (AvgIpc) is 3.26. The molecule has 0 atom stereocenters. The van der Waals surface area contributed by atoms with Gasteiger partial charge in [-0.05, 0) is 28.3 Å². The zero-order valence-electron chi connectivity index (χ0n) is 17.9. The second-order valence-corrected chi connectivity index (χ2v) is 8.15. The summed E-state index contributed by atoms with van der Waals surface area (Å²) in [6.45, 7) is 0.853. The Morgan fingerprint density at radius 2 is 1.21 bits per heavy atom. The lowest BCUT2D eigenvalue weighted by Gasteiger charge is -2.43. The van der Waals surface area contributed by atoms with Crippen molar-refractivity contribution in [2.45, 2.75) is 18.6 Å². The number of hydrogen-bond acceptors (Lipinski definition) is 4. The highest BCUT2D eigenvalue weighted by atomic mass is 19.1. The summed E-state index contributed by atoms with van der Waals surface area (Å²) in [6, 6.07) is 33.6. The average molecular weight is 439 g/mol. The molecule has 0 saturated carbocycles.